The maximum atomic E-state index is 12.2. The van der Waals surface area contributed by atoms with E-state index in [0.29, 0.717) is 12.4 Å². The summed E-state index contributed by atoms with van der Waals surface area (Å²) < 4.78 is 24.5. The van der Waals surface area contributed by atoms with Crippen LogP contribution < -0.4 is 5.32 Å². The molecule has 1 aromatic rings. The van der Waals surface area contributed by atoms with Gasteiger partial charge in [-0.2, -0.15) is 5.10 Å². The van der Waals surface area contributed by atoms with Crippen LogP contribution in [0.1, 0.15) is 20.4 Å². The Morgan fingerprint density at radius 3 is 3.43 bits per heavy atom. The maximum absolute atomic E-state index is 12.2. The van der Waals surface area contributed by atoms with Crippen molar-refractivity contribution < 1.29 is 22.1 Å². The number of ether oxygens (including phenoxy) is 2. The molecule has 2 N–H and O–H groups in total. The summed E-state index contributed by atoms with van der Waals surface area (Å²) in [6.07, 6.45) is -1.83. The van der Waals surface area contributed by atoms with Gasteiger partial charge in [-0.1, -0.05) is 0 Å². The lowest BCUT2D eigenvalue weighted by molar-refractivity contribution is -0.0719. The highest BCUT2D eigenvalue weighted by molar-refractivity contribution is 5.91. The Labute approximate surface area is 124 Å². The van der Waals surface area contributed by atoms with E-state index in [2.05, 4.69) is 15.5 Å². The Morgan fingerprint density at radius 1 is 1.76 bits per heavy atom. The van der Waals surface area contributed by atoms with Crippen LogP contribution in [0.4, 0.5) is 10.6 Å². The largest absolute Gasteiger partial charge is 0.390 e. The van der Waals surface area contributed by atoms with Crippen LogP contribution in [0.3, 0.4) is 0 Å². The van der Waals surface area contributed by atoms with Crippen molar-refractivity contribution in [3.63, 3.8) is 0 Å². The molecule has 0 aromatic carbocycles. The lowest BCUT2D eigenvalue weighted by atomic mass is 10.1. The van der Waals surface area contributed by atoms with Crippen molar-refractivity contribution in [3.8, 4) is 0 Å². The van der Waals surface area contributed by atoms with Crippen molar-refractivity contribution in [2.45, 2.75) is 38.3 Å². The van der Waals surface area contributed by atoms with Crippen molar-refractivity contribution in [1.29, 1.82) is 0 Å². The maximum Gasteiger partial charge on any atom is 0.325 e. The van der Waals surface area contributed by atoms with Gasteiger partial charge in [-0.15, -0.1) is 5.10 Å². The summed E-state index contributed by atoms with van der Waals surface area (Å²) in [4.78, 5) is 13.7. The molecule has 0 radical (unpaired) electrons. The highest BCUT2D eigenvalue weighted by Crippen LogP contribution is 2.29. The molecule has 4 atom stereocenters. The number of aromatic nitrogens is 2. The third-order valence-electron chi connectivity index (χ3n) is 3.63. The van der Waals surface area contributed by atoms with Gasteiger partial charge in [0.2, 0.25) is 0 Å². The zero-order valence-electron chi connectivity index (χ0n) is 13.5. The fourth-order valence-electron chi connectivity index (χ4n) is 2.58. The Balaban J connectivity index is 1.69. The van der Waals surface area contributed by atoms with Gasteiger partial charge >= 0.3 is 6.03 Å². The van der Waals surface area contributed by atoms with Gasteiger partial charge in [0.1, 0.15) is 12.3 Å². The van der Waals surface area contributed by atoms with E-state index in [1.807, 2.05) is 13.0 Å². The fourth-order valence-corrected chi connectivity index (χ4v) is 2.58. The normalized spacial score (nSPS) is 31.2. The van der Waals surface area contributed by atoms with Gasteiger partial charge < -0.3 is 14.6 Å². The van der Waals surface area contributed by atoms with E-state index >= 15 is 0 Å². The molecule has 1 fully saturated rings. The van der Waals surface area contributed by atoms with Gasteiger partial charge in [0.05, 0.1) is 27.7 Å². The Bertz CT molecular complexity index is 603. The molecule has 2 aliphatic heterocycles. The second kappa shape index (κ2) is 5.55. The van der Waals surface area contributed by atoms with E-state index in [1.165, 1.54) is 4.90 Å². The van der Waals surface area contributed by atoms with E-state index in [0.717, 1.165) is 11.3 Å². The van der Waals surface area contributed by atoms with Gasteiger partial charge in [0.15, 0.2) is 5.82 Å². The number of hydrogen-bond acceptors (Lipinski definition) is 6. The van der Waals surface area contributed by atoms with Crippen LogP contribution in [0.2, 0.25) is 0 Å². The molecule has 0 saturated carbocycles. The number of nitrogens with one attached hydrogen (secondary N) is 1. The van der Waals surface area contributed by atoms with Crippen molar-refractivity contribution in [2.24, 2.45) is 0 Å². The minimum absolute atomic E-state index is 0.0635. The molecule has 0 spiro atoms. The molecule has 0 aliphatic carbocycles. The minimum atomic E-state index is -1.43. The van der Waals surface area contributed by atoms with Crippen LogP contribution >= 0.6 is 0 Å². The Morgan fingerprint density at radius 2 is 2.62 bits per heavy atom. The number of aliphatic hydroxyl groups excluding tert-OH is 1. The monoisotopic (exact) mass is 297 g/mol. The van der Waals surface area contributed by atoms with Crippen molar-refractivity contribution in [2.75, 3.05) is 19.0 Å². The zero-order chi connectivity index (χ0) is 16.6. The summed E-state index contributed by atoms with van der Waals surface area (Å²) in [6.45, 7) is 2.06. The number of aryl methyl sites for hydroxylation is 1. The standard InChI is InChI=1S/C13H18N4O4/c1-7-3-8-5-17(13(19)14-12(8)16-15-7)11-4-9(18)10(21-11)6-20-2/h3,9-11,18H,4-6H2,1-2H3,(H,14,16,19)/t9-,10-,11?/m1/s1/i2TD/t2?,9-,10-,11?. The van der Waals surface area contributed by atoms with Gasteiger partial charge in [-0.25, -0.2) is 4.79 Å². The molecule has 2 unspecified atom stereocenters. The molecule has 114 valence electrons. The highest BCUT2D eigenvalue weighted by atomic mass is 16.6. The van der Waals surface area contributed by atoms with Crippen LogP contribution in [-0.4, -0.2) is 58.3 Å². The van der Waals surface area contributed by atoms with Crippen molar-refractivity contribution in [3.05, 3.63) is 17.3 Å². The number of hydrogen-bond donors (Lipinski definition) is 2. The smallest absolute Gasteiger partial charge is 0.325 e. The number of anilines is 1. The molecule has 2 aliphatic rings. The van der Waals surface area contributed by atoms with E-state index in [9.17, 15) is 9.90 Å². The molecule has 1 aromatic heterocycles. The summed E-state index contributed by atoms with van der Waals surface area (Å²) in [7, 11) is -1.43. The summed E-state index contributed by atoms with van der Waals surface area (Å²) in [5.41, 5.74) is 1.57. The summed E-state index contributed by atoms with van der Waals surface area (Å²) >= 11 is 0. The second-order valence-electron chi connectivity index (χ2n) is 5.18. The van der Waals surface area contributed by atoms with Gasteiger partial charge in [-0.3, -0.25) is 10.2 Å². The minimum Gasteiger partial charge on any atom is -0.390 e. The number of fused-ring (bicyclic) bond motifs is 1. The molecule has 1 saturated heterocycles. The van der Waals surface area contributed by atoms with Gasteiger partial charge in [0, 0.05) is 19.0 Å². The van der Waals surface area contributed by atoms with Crippen LogP contribution in [0.25, 0.3) is 0 Å². The number of carbonyl (C=O) groups is 1. The van der Waals surface area contributed by atoms with Crippen LogP contribution in [-0.2, 0) is 16.0 Å². The zero-order valence-corrected chi connectivity index (χ0v) is 11.5. The first-order chi connectivity index (χ1) is 10.9. The molecule has 8 heteroatoms. The number of urea groups is 1. The first-order valence-corrected chi connectivity index (χ1v) is 6.64. The lowest BCUT2D eigenvalue weighted by Gasteiger charge is -2.32. The molecule has 3 heterocycles. The molecule has 21 heavy (non-hydrogen) atoms. The van der Waals surface area contributed by atoms with Crippen LogP contribution in [0.5, 0.6) is 0 Å². The third-order valence-corrected chi connectivity index (χ3v) is 3.63. The number of rotatable bonds is 3. The van der Waals surface area contributed by atoms with Crippen LogP contribution in [0, 0.1) is 6.92 Å². The SMILES string of the molecule is [2H]C([3H])OC[C@H]1OC(N2Cc3cc(C)nnc3NC2=O)C[C@H]1O. The summed E-state index contributed by atoms with van der Waals surface area (Å²) in [6, 6.07) is 1.47. The molecule has 8 nitrogen and oxygen atoms in total. The second-order valence-corrected chi connectivity index (χ2v) is 5.18. The molecular formula is C13H18N4O4. The summed E-state index contributed by atoms with van der Waals surface area (Å²) in [5, 5.41) is 20.5. The van der Waals surface area contributed by atoms with Crippen molar-refractivity contribution in [1.82, 2.24) is 15.1 Å². The predicted molar refractivity (Wildman–Crippen MR) is 72.5 cm³/mol. The number of carbonyl (C=O) groups excluding carboxylic acids is 1. The molecule has 0 bridgehead atoms. The van der Waals surface area contributed by atoms with E-state index < -0.39 is 25.5 Å². The molecule has 2 amide bonds. The first kappa shape index (κ1) is 11.8. The van der Waals surface area contributed by atoms with E-state index in [-0.39, 0.29) is 19.1 Å². The highest BCUT2D eigenvalue weighted by Gasteiger charge is 2.40. The topological polar surface area (TPSA) is 96.8 Å². The first-order valence-electron chi connectivity index (χ1n) is 7.80. The Hall–Kier alpha value is -1.77. The predicted octanol–water partition coefficient (Wildman–Crippen LogP) is 0.255. The molecule has 3 rings (SSSR count). The third kappa shape index (κ3) is 2.69. The molecular weight excluding hydrogens is 276 g/mol. The Kier molecular flexibility index (Phi) is 3.13. The number of aliphatic hydroxyl groups is 1. The average molecular weight is 297 g/mol. The van der Waals surface area contributed by atoms with E-state index in [1.54, 1.807) is 0 Å². The number of amides is 2. The lowest BCUT2D eigenvalue weighted by Crippen LogP contribution is -2.45. The fraction of sp³-hybridized carbons (Fsp3) is 0.615. The van der Waals surface area contributed by atoms with Gasteiger partial charge in [0.25, 0.3) is 0 Å². The number of nitrogens with zero attached hydrogens (tertiary/aromatic N) is 3. The van der Waals surface area contributed by atoms with Crippen LogP contribution in [0.15, 0.2) is 6.07 Å². The van der Waals surface area contributed by atoms with Crippen molar-refractivity contribution >= 4 is 11.8 Å². The summed E-state index contributed by atoms with van der Waals surface area (Å²) in [5.74, 6) is 0.432. The average Bonchev–Trinajstić information content (AvgIpc) is 2.85. The number of methoxy groups -OCH3 is 1. The van der Waals surface area contributed by atoms with Gasteiger partial charge in [-0.05, 0) is 13.0 Å². The quantitative estimate of drug-likeness (QED) is 0.830. The van der Waals surface area contributed by atoms with E-state index in [4.69, 9.17) is 12.2 Å².